The van der Waals surface area contributed by atoms with Gasteiger partial charge >= 0.3 is 0 Å². The van der Waals surface area contributed by atoms with Gasteiger partial charge in [0.05, 0.1) is 0 Å². The van der Waals surface area contributed by atoms with Crippen LogP contribution >= 0.6 is 0 Å². The molecule has 2 aliphatic heterocycles. The summed E-state index contributed by atoms with van der Waals surface area (Å²) in [5, 5.41) is 7.06. The Kier molecular flexibility index (Phi) is 2.61. The number of hydrogen-bond acceptors (Lipinski definition) is 2. The van der Waals surface area contributed by atoms with Gasteiger partial charge in [-0.25, -0.2) is 0 Å². The molecule has 2 saturated heterocycles. The molecule has 2 heteroatoms. The summed E-state index contributed by atoms with van der Waals surface area (Å²) in [5.74, 6) is 1.92. The van der Waals surface area contributed by atoms with E-state index >= 15 is 0 Å². The maximum absolute atomic E-state index is 3.62. The predicted octanol–water partition coefficient (Wildman–Crippen LogP) is 1.37. The molecule has 0 aromatic carbocycles. The van der Waals surface area contributed by atoms with Gasteiger partial charge in [-0.3, -0.25) is 0 Å². The van der Waals surface area contributed by atoms with E-state index in [4.69, 9.17) is 0 Å². The molecule has 2 N–H and O–H groups in total. The number of nitrogens with one attached hydrogen (secondary N) is 2. The van der Waals surface area contributed by atoms with Gasteiger partial charge in [-0.15, -0.1) is 0 Å². The molecule has 13 heavy (non-hydrogen) atoms. The molecule has 0 bridgehead atoms. The SMILES string of the molecule is CC1(C)CC(C2CCNCC2)CN1. The van der Waals surface area contributed by atoms with Crippen molar-refractivity contribution in [2.75, 3.05) is 19.6 Å². The van der Waals surface area contributed by atoms with Crippen molar-refractivity contribution in [3.63, 3.8) is 0 Å². The van der Waals surface area contributed by atoms with E-state index in [1.807, 2.05) is 0 Å². The molecular formula is C11H22N2. The number of hydrogen-bond donors (Lipinski definition) is 2. The minimum atomic E-state index is 0.398. The Morgan fingerprint density at radius 2 is 1.77 bits per heavy atom. The first-order valence-electron chi connectivity index (χ1n) is 5.63. The summed E-state index contributed by atoms with van der Waals surface area (Å²) in [6.45, 7) is 8.38. The summed E-state index contributed by atoms with van der Waals surface area (Å²) in [6.07, 6.45) is 4.16. The summed E-state index contributed by atoms with van der Waals surface area (Å²) in [4.78, 5) is 0. The fourth-order valence-electron chi connectivity index (χ4n) is 2.86. The van der Waals surface area contributed by atoms with Crippen molar-refractivity contribution in [1.82, 2.24) is 10.6 Å². The van der Waals surface area contributed by atoms with Crippen molar-refractivity contribution in [2.24, 2.45) is 11.8 Å². The summed E-state index contributed by atoms with van der Waals surface area (Å²) in [6, 6.07) is 0. The number of piperidine rings is 1. The van der Waals surface area contributed by atoms with Gasteiger partial charge in [0, 0.05) is 5.54 Å². The van der Waals surface area contributed by atoms with E-state index in [1.54, 1.807) is 0 Å². The molecule has 0 amide bonds. The molecule has 0 aromatic heterocycles. The van der Waals surface area contributed by atoms with E-state index in [0.717, 1.165) is 11.8 Å². The Labute approximate surface area is 81.5 Å². The van der Waals surface area contributed by atoms with Crippen LogP contribution in [0.25, 0.3) is 0 Å². The van der Waals surface area contributed by atoms with Crippen LogP contribution in [0, 0.1) is 11.8 Å². The summed E-state index contributed by atoms with van der Waals surface area (Å²) in [7, 11) is 0. The maximum Gasteiger partial charge on any atom is 0.0128 e. The average Bonchev–Trinajstić information content (AvgIpc) is 2.48. The lowest BCUT2D eigenvalue weighted by molar-refractivity contribution is 0.265. The van der Waals surface area contributed by atoms with Gasteiger partial charge in [0.25, 0.3) is 0 Å². The normalized spacial score (nSPS) is 35.1. The van der Waals surface area contributed by atoms with Crippen molar-refractivity contribution < 1.29 is 0 Å². The molecule has 2 nitrogen and oxygen atoms in total. The zero-order valence-electron chi connectivity index (χ0n) is 8.90. The van der Waals surface area contributed by atoms with Gasteiger partial charge in [0.1, 0.15) is 0 Å². The largest absolute Gasteiger partial charge is 0.317 e. The lowest BCUT2D eigenvalue weighted by Gasteiger charge is -2.28. The third kappa shape index (κ3) is 2.23. The van der Waals surface area contributed by atoms with Crippen LogP contribution in [0.5, 0.6) is 0 Å². The van der Waals surface area contributed by atoms with Crippen LogP contribution in [0.15, 0.2) is 0 Å². The molecule has 2 aliphatic rings. The zero-order valence-corrected chi connectivity index (χ0v) is 8.90. The monoisotopic (exact) mass is 182 g/mol. The van der Waals surface area contributed by atoms with Gasteiger partial charge < -0.3 is 10.6 Å². The van der Waals surface area contributed by atoms with E-state index in [0.29, 0.717) is 5.54 Å². The molecule has 1 atom stereocenters. The van der Waals surface area contributed by atoms with Crippen LogP contribution in [0.4, 0.5) is 0 Å². The van der Waals surface area contributed by atoms with Gasteiger partial charge in [-0.05, 0) is 64.6 Å². The van der Waals surface area contributed by atoms with Crippen molar-refractivity contribution in [2.45, 2.75) is 38.6 Å². The molecule has 0 aliphatic carbocycles. The molecule has 0 spiro atoms. The molecule has 0 radical (unpaired) electrons. The fourth-order valence-corrected chi connectivity index (χ4v) is 2.86. The number of rotatable bonds is 1. The highest BCUT2D eigenvalue weighted by atomic mass is 15.0. The predicted molar refractivity (Wildman–Crippen MR) is 55.8 cm³/mol. The first-order valence-corrected chi connectivity index (χ1v) is 5.63. The van der Waals surface area contributed by atoms with Crippen molar-refractivity contribution >= 4 is 0 Å². The third-order valence-electron chi connectivity index (χ3n) is 3.67. The van der Waals surface area contributed by atoms with Crippen LogP contribution < -0.4 is 10.6 Å². The van der Waals surface area contributed by atoms with Gasteiger partial charge in [-0.1, -0.05) is 0 Å². The Morgan fingerprint density at radius 1 is 1.08 bits per heavy atom. The summed E-state index contributed by atoms with van der Waals surface area (Å²) >= 11 is 0. The van der Waals surface area contributed by atoms with E-state index in [-0.39, 0.29) is 0 Å². The van der Waals surface area contributed by atoms with Crippen LogP contribution in [-0.4, -0.2) is 25.2 Å². The molecule has 1 unspecified atom stereocenters. The Hall–Kier alpha value is -0.0800. The zero-order chi connectivity index (χ0) is 9.31. The smallest absolute Gasteiger partial charge is 0.0128 e. The minimum absolute atomic E-state index is 0.398. The molecule has 2 fully saturated rings. The molecule has 0 aromatic rings. The lowest BCUT2D eigenvalue weighted by atomic mass is 9.81. The van der Waals surface area contributed by atoms with E-state index in [1.165, 1.54) is 38.9 Å². The van der Waals surface area contributed by atoms with Crippen LogP contribution in [0.3, 0.4) is 0 Å². The standard InChI is InChI=1S/C11H22N2/c1-11(2)7-10(8-13-11)9-3-5-12-6-4-9/h9-10,12-13H,3-8H2,1-2H3. The van der Waals surface area contributed by atoms with E-state index < -0.39 is 0 Å². The molecule has 0 saturated carbocycles. The Balaban J connectivity index is 1.87. The maximum atomic E-state index is 3.62. The Morgan fingerprint density at radius 3 is 2.31 bits per heavy atom. The second kappa shape index (κ2) is 3.58. The minimum Gasteiger partial charge on any atom is -0.317 e. The van der Waals surface area contributed by atoms with Crippen LogP contribution in [0.1, 0.15) is 33.1 Å². The van der Waals surface area contributed by atoms with Crippen LogP contribution in [0.2, 0.25) is 0 Å². The highest BCUT2D eigenvalue weighted by molar-refractivity contribution is 4.92. The molecule has 2 rings (SSSR count). The van der Waals surface area contributed by atoms with E-state index in [9.17, 15) is 0 Å². The summed E-state index contributed by atoms with van der Waals surface area (Å²) in [5.41, 5.74) is 0.398. The van der Waals surface area contributed by atoms with Gasteiger partial charge in [0.2, 0.25) is 0 Å². The quantitative estimate of drug-likeness (QED) is 0.640. The summed E-state index contributed by atoms with van der Waals surface area (Å²) < 4.78 is 0. The van der Waals surface area contributed by atoms with Gasteiger partial charge in [0.15, 0.2) is 0 Å². The molecule has 2 heterocycles. The first-order chi connectivity index (χ1) is 6.17. The third-order valence-corrected chi connectivity index (χ3v) is 3.67. The van der Waals surface area contributed by atoms with E-state index in [2.05, 4.69) is 24.5 Å². The van der Waals surface area contributed by atoms with Gasteiger partial charge in [-0.2, -0.15) is 0 Å². The second-order valence-corrected chi connectivity index (χ2v) is 5.32. The van der Waals surface area contributed by atoms with Crippen molar-refractivity contribution in [3.8, 4) is 0 Å². The fraction of sp³-hybridized carbons (Fsp3) is 1.00. The van der Waals surface area contributed by atoms with Crippen molar-refractivity contribution in [1.29, 1.82) is 0 Å². The average molecular weight is 182 g/mol. The first kappa shape index (κ1) is 9.47. The highest BCUT2D eigenvalue weighted by Gasteiger charge is 2.35. The van der Waals surface area contributed by atoms with Crippen LogP contribution in [-0.2, 0) is 0 Å². The second-order valence-electron chi connectivity index (χ2n) is 5.32. The lowest BCUT2D eigenvalue weighted by Crippen LogP contribution is -2.32. The highest BCUT2D eigenvalue weighted by Crippen LogP contribution is 2.33. The molecular weight excluding hydrogens is 160 g/mol. The topological polar surface area (TPSA) is 24.1 Å². The van der Waals surface area contributed by atoms with Crippen molar-refractivity contribution in [3.05, 3.63) is 0 Å². The Bertz CT molecular complexity index is 171. The molecule has 76 valence electrons.